The molecule has 0 aliphatic heterocycles. The maximum absolute atomic E-state index is 13.2. The first-order valence-electron chi connectivity index (χ1n) is 5.23. The molecule has 0 fully saturated rings. The summed E-state index contributed by atoms with van der Waals surface area (Å²) >= 11 is 1.21. The predicted molar refractivity (Wildman–Crippen MR) is 67.3 cm³/mol. The SMILES string of the molecule is O=c1c2ccccc2sn1-c1ccc(F)c(F)c1. The highest BCUT2D eigenvalue weighted by Gasteiger charge is 2.10. The Labute approximate surface area is 105 Å². The molecule has 0 amide bonds. The summed E-state index contributed by atoms with van der Waals surface area (Å²) in [6.07, 6.45) is 0. The lowest BCUT2D eigenvalue weighted by Crippen LogP contribution is -2.10. The molecule has 0 saturated carbocycles. The Morgan fingerprint density at radius 2 is 1.78 bits per heavy atom. The summed E-state index contributed by atoms with van der Waals surface area (Å²) in [5.74, 6) is -1.88. The molecule has 3 rings (SSSR count). The van der Waals surface area contributed by atoms with Gasteiger partial charge in [-0.25, -0.2) is 12.7 Å². The highest BCUT2D eigenvalue weighted by molar-refractivity contribution is 7.14. The monoisotopic (exact) mass is 263 g/mol. The Bertz CT molecular complexity index is 791. The topological polar surface area (TPSA) is 22.0 Å². The largest absolute Gasteiger partial charge is 0.273 e. The molecule has 0 radical (unpaired) electrons. The lowest BCUT2D eigenvalue weighted by atomic mass is 10.3. The van der Waals surface area contributed by atoms with Crippen molar-refractivity contribution in [2.75, 3.05) is 0 Å². The van der Waals surface area contributed by atoms with Crippen LogP contribution in [-0.2, 0) is 0 Å². The molecule has 0 N–H and O–H groups in total. The molecule has 2 nitrogen and oxygen atoms in total. The third kappa shape index (κ3) is 1.64. The van der Waals surface area contributed by atoms with Crippen molar-refractivity contribution in [2.45, 2.75) is 0 Å². The molecular formula is C13H7F2NOS. The summed E-state index contributed by atoms with van der Waals surface area (Å²) in [7, 11) is 0. The van der Waals surface area contributed by atoms with Gasteiger partial charge in [0, 0.05) is 6.07 Å². The third-order valence-corrected chi connectivity index (χ3v) is 3.74. The summed E-state index contributed by atoms with van der Waals surface area (Å²) in [6.45, 7) is 0. The molecule has 1 heterocycles. The molecule has 18 heavy (non-hydrogen) atoms. The van der Waals surface area contributed by atoms with Gasteiger partial charge in [0.15, 0.2) is 11.6 Å². The number of fused-ring (bicyclic) bond motifs is 1. The zero-order valence-electron chi connectivity index (χ0n) is 9.06. The van der Waals surface area contributed by atoms with Crippen LogP contribution in [0.5, 0.6) is 0 Å². The fourth-order valence-electron chi connectivity index (χ4n) is 1.75. The Morgan fingerprint density at radius 3 is 2.50 bits per heavy atom. The van der Waals surface area contributed by atoms with Crippen LogP contribution in [0.1, 0.15) is 0 Å². The van der Waals surface area contributed by atoms with Gasteiger partial charge in [0.1, 0.15) is 0 Å². The van der Waals surface area contributed by atoms with Crippen LogP contribution in [0.15, 0.2) is 47.3 Å². The molecule has 90 valence electrons. The van der Waals surface area contributed by atoms with Gasteiger partial charge in [0.25, 0.3) is 5.56 Å². The Morgan fingerprint density at radius 1 is 1.00 bits per heavy atom. The zero-order valence-corrected chi connectivity index (χ0v) is 9.88. The van der Waals surface area contributed by atoms with Gasteiger partial charge >= 0.3 is 0 Å². The lowest BCUT2D eigenvalue weighted by Gasteiger charge is -2.00. The van der Waals surface area contributed by atoms with Gasteiger partial charge in [-0.1, -0.05) is 23.7 Å². The van der Waals surface area contributed by atoms with Crippen LogP contribution in [0.25, 0.3) is 15.8 Å². The molecule has 2 aromatic carbocycles. The minimum absolute atomic E-state index is 0.221. The van der Waals surface area contributed by atoms with Crippen LogP contribution in [0.2, 0.25) is 0 Å². The van der Waals surface area contributed by atoms with E-state index in [9.17, 15) is 13.6 Å². The van der Waals surface area contributed by atoms with Gasteiger partial charge in [-0.2, -0.15) is 0 Å². The van der Waals surface area contributed by atoms with E-state index < -0.39 is 11.6 Å². The first-order chi connectivity index (χ1) is 8.66. The standard InChI is InChI=1S/C13H7F2NOS/c14-10-6-5-8(7-11(10)15)16-13(17)9-3-1-2-4-12(9)18-16/h1-7H. The molecule has 0 unspecified atom stereocenters. The van der Waals surface area contributed by atoms with Crippen molar-refractivity contribution >= 4 is 21.6 Å². The molecule has 0 atom stereocenters. The second-order valence-electron chi connectivity index (χ2n) is 3.79. The van der Waals surface area contributed by atoms with Gasteiger partial charge in [0.2, 0.25) is 0 Å². The molecule has 3 aromatic rings. The number of nitrogens with zero attached hydrogens (tertiary/aromatic N) is 1. The normalized spacial score (nSPS) is 11.0. The van der Waals surface area contributed by atoms with E-state index >= 15 is 0 Å². The van der Waals surface area contributed by atoms with E-state index in [0.717, 1.165) is 16.8 Å². The number of aromatic nitrogens is 1. The highest BCUT2D eigenvalue weighted by Crippen LogP contribution is 2.20. The van der Waals surface area contributed by atoms with E-state index in [4.69, 9.17) is 0 Å². The Balaban J connectivity index is 2.28. The second kappa shape index (κ2) is 4.03. The van der Waals surface area contributed by atoms with Gasteiger partial charge in [-0.05, 0) is 24.3 Å². The molecule has 0 aliphatic carbocycles. The first kappa shape index (κ1) is 11.1. The molecule has 1 aromatic heterocycles. The average Bonchev–Trinajstić information content (AvgIpc) is 2.71. The van der Waals surface area contributed by atoms with Crippen molar-refractivity contribution in [3.05, 3.63) is 64.5 Å². The van der Waals surface area contributed by atoms with Crippen LogP contribution in [0.4, 0.5) is 8.78 Å². The third-order valence-electron chi connectivity index (χ3n) is 2.63. The van der Waals surface area contributed by atoms with E-state index in [2.05, 4.69) is 0 Å². The van der Waals surface area contributed by atoms with Gasteiger partial charge < -0.3 is 0 Å². The molecular weight excluding hydrogens is 256 g/mol. The van der Waals surface area contributed by atoms with E-state index in [0.29, 0.717) is 11.1 Å². The van der Waals surface area contributed by atoms with E-state index in [1.165, 1.54) is 21.6 Å². The van der Waals surface area contributed by atoms with Crippen LogP contribution in [0.3, 0.4) is 0 Å². The Kier molecular flexibility index (Phi) is 2.48. The van der Waals surface area contributed by atoms with Crippen molar-refractivity contribution in [3.8, 4) is 5.69 Å². The molecule has 0 aliphatic rings. The summed E-state index contributed by atoms with van der Waals surface area (Å²) in [6, 6.07) is 10.5. The Hall–Kier alpha value is -2.01. The van der Waals surface area contributed by atoms with Crippen molar-refractivity contribution in [1.29, 1.82) is 0 Å². The van der Waals surface area contributed by atoms with Gasteiger partial charge in [-0.3, -0.25) is 4.79 Å². The van der Waals surface area contributed by atoms with Crippen LogP contribution < -0.4 is 5.56 Å². The minimum Gasteiger partial charge on any atom is -0.267 e. The maximum atomic E-state index is 13.2. The summed E-state index contributed by atoms with van der Waals surface area (Å²) in [4.78, 5) is 12.1. The van der Waals surface area contributed by atoms with Crippen molar-refractivity contribution < 1.29 is 8.78 Å². The summed E-state index contributed by atoms with van der Waals surface area (Å²) < 4.78 is 28.2. The average molecular weight is 263 g/mol. The van der Waals surface area contributed by atoms with E-state index in [1.807, 2.05) is 12.1 Å². The van der Waals surface area contributed by atoms with Crippen LogP contribution in [-0.4, -0.2) is 3.96 Å². The number of benzene rings is 2. The first-order valence-corrected chi connectivity index (χ1v) is 6.00. The predicted octanol–water partition coefficient (Wildman–Crippen LogP) is 3.33. The van der Waals surface area contributed by atoms with Crippen LogP contribution in [0, 0.1) is 11.6 Å². The van der Waals surface area contributed by atoms with Gasteiger partial charge in [0.05, 0.1) is 15.8 Å². The molecule has 5 heteroatoms. The van der Waals surface area contributed by atoms with E-state index in [-0.39, 0.29) is 5.56 Å². The number of hydrogen-bond donors (Lipinski definition) is 0. The molecule has 0 spiro atoms. The minimum atomic E-state index is -0.961. The zero-order chi connectivity index (χ0) is 12.7. The number of rotatable bonds is 1. The van der Waals surface area contributed by atoms with Crippen molar-refractivity contribution in [1.82, 2.24) is 3.96 Å². The number of halogens is 2. The summed E-state index contributed by atoms with van der Waals surface area (Å²) in [5.41, 5.74) is 0.113. The molecule has 0 saturated heterocycles. The lowest BCUT2D eigenvalue weighted by molar-refractivity contribution is 0.508. The smallest absolute Gasteiger partial charge is 0.267 e. The number of hydrogen-bond acceptors (Lipinski definition) is 2. The highest BCUT2D eigenvalue weighted by atomic mass is 32.1. The molecule has 0 bridgehead atoms. The maximum Gasteiger partial charge on any atom is 0.273 e. The van der Waals surface area contributed by atoms with Crippen molar-refractivity contribution in [2.24, 2.45) is 0 Å². The quantitative estimate of drug-likeness (QED) is 0.660. The fraction of sp³-hybridized carbons (Fsp3) is 0. The van der Waals surface area contributed by atoms with Crippen LogP contribution >= 0.6 is 11.5 Å². The van der Waals surface area contributed by atoms with Gasteiger partial charge in [-0.15, -0.1) is 0 Å². The summed E-state index contributed by atoms with van der Waals surface area (Å²) in [5, 5.41) is 0.576. The fourth-order valence-corrected chi connectivity index (χ4v) is 2.74. The second-order valence-corrected chi connectivity index (χ2v) is 4.77. The van der Waals surface area contributed by atoms with Crippen molar-refractivity contribution in [3.63, 3.8) is 0 Å². The van der Waals surface area contributed by atoms with E-state index in [1.54, 1.807) is 12.1 Å².